The highest BCUT2D eigenvalue weighted by atomic mass is 79.9. The number of nitrogens with two attached hydrogens (primary N) is 1. The second-order valence-electron chi connectivity index (χ2n) is 4.30. The first-order valence-electron chi connectivity index (χ1n) is 5.73. The molecule has 0 bridgehead atoms. The molecule has 0 saturated carbocycles. The molecule has 20 heavy (non-hydrogen) atoms. The molecule has 0 aromatic heterocycles. The Balaban J connectivity index is 2.33. The second kappa shape index (κ2) is 6.16. The molecule has 106 valence electrons. The van der Waals surface area contributed by atoms with Crippen LogP contribution < -0.4 is 5.73 Å². The topological polar surface area (TPSA) is 26.0 Å². The molecule has 2 N–H and O–H groups in total. The lowest BCUT2D eigenvalue weighted by Crippen LogP contribution is -2.16. The summed E-state index contributed by atoms with van der Waals surface area (Å²) in [5, 5.41) is 0.207. The van der Waals surface area contributed by atoms with E-state index in [-0.39, 0.29) is 27.0 Å². The third-order valence-corrected chi connectivity index (χ3v) is 3.89. The zero-order valence-electron chi connectivity index (χ0n) is 10.1. The summed E-state index contributed by atoms with van der Waals surface area (Å²) in [6, 6.07) is 5.32. The SMILES string of the molecule is NC(Cc1c(F)cccc1Cl)c1cc(F)c(Br)cc1F. The van der Waals surface area contributed by atoms with Crippen molar-refractivity contribution in [2.24, 2.45) is 5.73 Å². The lowest BCUT2D eigenvalue weighted by atomic mass is 9.98. The molecule has 0 fully saturated rings. The highest BCUT2D eigenvalue weighted by Gasteiger charge is 2.18. The van der Waals surface area contributed by atoms with Crippen molar-refractivity contribution in [3.63, 3.8) is 0 Å². The average molecular weight is 365 g/mol. The quantitative estimate of drug-likeness (QED) is 0.781. The van der Waals surface area contributed by atoms with E-state index in [0.717, 1.165) is 12.1 Å². The minimum absolute atomic E-state index is 0.00914. The van der Waals surface area contributed by atoms with Gasteiger partial charge < -0.3 is 5.73 Å². The van der Waals surface area contributed by atoms with Crippen molar-refractivity contribution in [1.29, 1.82) is 0 Å². The maximum Gasteiger partial charge on any atom is 0.137 e. The van der Waals surface area contributed by atoms with Crippen LogP contribution in [0.5, 0.6) is 0 Å². The first kappa shape index (κ1) is 15.4. The van der Waals surface area contributed by atoms with Gasteiger partial charge in [-0.25, -0.2) is 13.2 Å². The molecule has 0 spiro atoms. The van der Waals surface area contributed by atoms with Gasteiger partial charge in [0.25, 0.3) is 0 Å². The second-order valence-corrected chi connectivity index (χ2v) is 5.56. The van der Waals surface area contributed by atoms with Gasteiger partial charge >= 0.3 is 0 Å². The molecule has 1 atom stereocenters. The summed E-state index contributed by atoms with van der Waals surface area (Å²) >= 11 is 8.77. The maximum absolute atomic E-state index is 13.8. The number of benzene rings is 2. The molecule has 6 heteroatoms. The van der Waals surface area contributed by atoms with Crippen molar-refractivity contribution in [1.82, 2.24) is 0 Å². The van der Waals surface area contributed by atoms with Crippen molar-refractivity contribution in [2.75, 3.05) is 0 Å². The Bertz CT molecular complexity index is 628. The molecule has 0 aliphatic carbocycles. The number of halogens is 5. The van der Waals surface area contributed by atoms with Crippen LogP contribution in [0.15, 0.2) is 34.8 Å². The van der Waals surface area contributed by atoms with Gasteiger partial charge in [0.1, 0.15) is 17.5 Å². The highest BCUT2D eigenvalue weighted by Crippen LogP contribution is 2.28. The summed E-state index contributed by atoms with van der Waals surface area (Å²) in [7, 11) is 0. The normalized spacial score (nSPS) is 12.5. The first-order valence-corrected chi connectivity index (χ1v) is 6.90. The average Bonchev–Trinajstić information content (AvgIpc) is 2.38. The predicted molar refractivity (Wildman–Crippen MR) is 76.1 cm³/mol. The summed E-state index contributed by atoms with van der Waals surface area (Å²) in [4.78, 5) is 0. The lowest BCUT2D eigenvalue weighted by Gasteiger charge is -2.15. The minimum Gasteiger partial charge on any atom is -0.324 e. The summed E-state index contributed by atoms with van der Waals surface area (Å²) in [5.41, 5.74) is 6.00. The van der Waals surface area contributed by atoms with Crippen LogP contribution in [0.2, 0.25) is 5.02 Å². The summed E-state index contributed by atoms with van der Waals surface area (Å²) in [6.45, 7) is 0. The molecule has 0 heterocycles. The van der Waals surface area contributed by atoms with Crippen LogP contribution in [0.25, 0.3) is 0 Å². The van der Waals surface area contributed by atoms with Gasteiger partial charge in [0, 0.05) is 22.2 Å². The van der Waals surface area contributed by atoms with Gasteiger partial charge in [-0.3, -0.25) is 0 Å². The number of hydrogen-bond acceptors (Lipinski definition) is 1. The Kier molecular flexibility index (Phi) is 4.73. The Morgan fingerprint density at radius 2 is 1.80 bits per heavy atom. The van der Waals surface area contributed by atoms with Gasteiger partial charge in [-0.2, -0.15) is 0 Å². The molecule has 1 nitrogen and oxygen atoms in total. The fraction of sp³-hybridized carbons (Fsp3) is 0.143. The lowest BCUT2D eigenvalue weighted by molar-refractivity contribution is 0.548. The summed E-state index contributed by atoms with van der Waals surface area (Å²) in [6.07, 6.45) is -0.0243. The van der Waals surface area contributed by atoms with Crippen LogP contribution in [-0.2, 0) is 6.42 Å². The molecule has 0 aliphatic heterocycles. The van der Waals surface area contributed by atoms with Crippen LogP contribution in [0.3, 0.4) is 0 Å². The zero-order chi connectivity index (χ0) is 14.9. The van der Waals surface area contributed by atoms with Crippen molar-refractivity contribution in [3.8, 4) is 0 Å². The summed E-state index contributed by atoms with van der Waals surface area (Å²) < 4.78 is 40.9. The molecule has 2 aromatic rings. The molecule has 0 amide bonds. The maximum atomic E-state index is 13.8. The monoisotopic (exact) mass is 363 g/mol. The Hall–Kier alpha value is -1.04. The standard InChI is InChI=1S/C14H10BrClF3N/c15-9-6-12(18)8(4-13(9)19)14(20)5-7-10(16)2-1-3-11(7)17/h1-4,6,14H,5,20H2. The van der Waals surface area contributed by atoms with E-state index in [0.29, 0.717) is 0 Å². The van der Waals surface area contributed by atoms with Crippen molar-refractivity contribution >= 4 is 27.5 Å². The van der Waals surface area contributed by atoms with Gasteiger partial charge in [0.05, 0.1) is 4.47 Å². The molecular weight excluding hydrogens is 355 g/mol. The van der Waals surface area contributed by atoms with Crippen LogP contribution in [-0.4, -0.2) is 0 Å². The Morgan fingerprint density at radius 3 is 2.45 bits per heavy atom. The fourth-order valence-electron chi connectivity index (χ4n) is 1.88. The molecule has 0 aliphatic rings. The van der Waals surface area contributed by atoms with Crippen molar-refractivity contribution < 1.29 is 13.2 Å². The number of rotatable bonds is 3. The molecule has 1 unspecified atom stereocenters. The van der Waals surface area contributed by atoms with E-state index in [1.54, 1.807) is 0 Å². The molecule has 0 radical (unpaired) electrons. The van der Waals surface area contributed by atoms with Gasteiger partial charge in [-0.15, -0.1) is 0 Å². The van der Waals surface area contributed by atoms with E-state index in [2.05, 4.69) is 15.9 Å². The minimum atomic E-state index is -0.896. The van der Waals surface area contributed by atoms with Crippen LogP contribution in [0.4, 0.5) is 13.2 Å². The zero-order valence-corrected chi connectivity index (χ0v) is 12.5. The van der Waals surface area contributed by atoms with Crippen LogP contribution in [0.1, 0.15) is 17.2 Å². The van der Waals surface area contributed by atoms with Gasteiger partial charge in [-0.1, -0.05) is 17.7 Å². The molecule has 2 rings (SSSR count). The van der Waals surface area contributed by atoms with E-state index < -0.39 is 23.5 Å². The first-order chi connectivity index (χ1) is 9.40. The van der Waals surface area contributed by atoms with Crippen LogP contribution in [0, 0.1) is 17.5 Å². The van der Waals surface area contributed by atoms with E-state index in [4.69, 9.17) is 17.3 Å². The van der Waals surface area contributed by atoms with Crippen molar-refractivity contribution in [2.45, 2.75) is 12.5 Å². The van der Waals surface area contributed by atoms with Crippen LogP contribution >= 0.6 is 27.5 Å². The van der Waals surface area contributed by atoms with E-state index in [9.17, 15) is 13.2 Å². The molecule has 0 saturated heterocycles. The number of hydrogen-bond donors (Lipinski definition) is 1. The molecule has 2 aromatic carbocycles. The Labute approximate surface area is 127 Å². The van der Waals surface area contributed by atoms with E-state index >= 15 is 0 Å². The van der Waals surface area contributed by atoms with E-state index in [1.165, 1.54) is 18.2 Å². The molecular formula is C14H10BrClF3N. The summed E-state index contributed by atoms with van der Waals surface area (Å²) in [5.74, 6) is -1.80. The Morgan fingerprint density at radius 1 is 1.10 bits per heavy atom. The largest absolute Gasteiger partial charge is 0.324 e. The van der Waals surface area contributed by atoms with Gasteiger partial charge in [-0.05, 0) is 46.6 Å². The fourth-order valence-corrected chi connectivity index (χ4v) is 2.43. The third kappa shape index (κ3) is 3.16. The van der Waals surface area contributed by atoms with E-state index in [1.807, 2.05) is 0 Å². The van der Waals surface area contributed by atoms with Gasteiger partial charge in [0.2, 0.25) is 0 Å². The van der Waals surface area contributed by atoms with Gasteiger partial charge in [0.15, 0.2) is 0 Å². The highest BCUT2D eigenvalue weighted by molar-refractivity contribution is 9.10. The smallest absolute Gasteiger partial charge is 0.137 e. The van der Waals surface area contributed by atoms with Crippen molar-refractivity contribution in [3.05, 3.63) is 68.4 Å². The third-order valence-electron chi connectivity index (χ3n) is 2.92. The predicted octanol–water partition coefficient (Wildman–Crippen LogP) is 4.76.